The predicted octanol–water partition coefficient (Wildman–Crippen LogP) is 2.04. The number of halogens is 1. The van der Waals surface area contributed by atoms with Gasteiger partial charge in [0.2, 0.25) is 0 Å². The zero-order valence-electron chi connectivity index (χ0n) is 12.2. The molecule has 1 fully saturated rings. The quantitative estimate of drug-likeness (QED) is 0.455. The van der Waals surface area contributed by atoms with Crippen LogP contribution < -0.4 is 11.1 Å². The molecular weight excluding hydrogens is 339 g/mol. The molecule has 1 rings (SSSR count). The van der Waals surface area contributed by atoms with Crippen molar-refractivity contribution in [3.8, 4) is 0 Å². The van der Waals surface area contributed by atoms with Crippen molar-refractivity contribution in [1.29, 1.82) is 0 Å². The number of guanidine groups is 1. The van der Waals surface area contributed by atoms with Gasteiger partial charge in [0.25, 0.3) is 0 Å². The van der Waals surface area contributed by atoms with Crippen molar-refractivity contribution in [2.75, 3.05) is 26.2 Å². The van der Waals surface area contributed by atoms with E-state index in [9.17, 15) is 0 Å². The predicted molar refractivity (Wildman–Crippen MR) is 89.6 cm³/mol. The number of likely N-dealkylation sites (tertiary alicyclic amines) is 1. The summed E-state index contributed by atoms with van der Waals surface area (Å²) < 4.78 is 0. The lowest BCUT2D eigenvalue weighted by Crippen LogP contribution is -2.45. The summed E-state index contributed by atoms with van der Waals surface area (Å²) in [6.45, 7) is 12.8. The topological polar surface area (TPSA) is 53.6 Å². The van der Waals surface area contributed by atoms with Crippen LogP contribution in [0.25, 0.3) is 0 Å². The third-order valence-corrected chi connectivity index (χ3v) is 3.08. The number of nitrogens with zero attached hydrogens (tertiary/aromatic N) is 2. The van der Waals surface area contributed by atoms with Gasteiger partial charge in [0.15, 0.2) is 5.96 Å². The molecule has 0 bridgehead atoms. The second kappa shape index (κ2) is 8.19. The summed E-state index contributed by atoms with van der Waals surface area (Å²) in [6, 6.07) is 0. The van der Waals surface area contributed by atoms with E-state index in [4.69, 9.17) is 5.73 Å². The van der Waals surface area contributed by atoms with E-state index in [-0.39, 0.29) is 29.5 Å². The minimum Gasteiger partial charge on any atom is -0.370 e. The number of nitrogens with two attached hydrogens (primary N) is 1. The second-order valence-electron chi connectivity index (χ2n) is 6.17. The van der Waals surface area contributed by atoms with Crippen molar-refractivity contribution >= 4 is 29.9 Å². The Balaban J connectivity index is 0.00000289. The third kappa shape index (κ3) is 8.13. The van der Waals surface area contributed by atoms with Gasteiger partial charge in [0.05, 0.1) is 6.54 Å². The number of nitrogens with one attached hydrogen (secondary N) is 1. The molecule has 0 unspecified atom stereocenters. The third-order valence-electron chi connectivity index (χ3n) is 3.08. The standard InChI is InChI=1S/C13H28N4.HI/c1-11-5-8-17(9-6-11)10-7-15-12(14)16-13(2,3)4;/h11H,5-10H2,1-4H3,(H3,14,15,16);1H. The van der Waals surface area contributed by atoms with Crippen LogP contribution in [0.5, 0.6) is 0 Å². The van der Waals surface area contributed by atoms with E-state index in [0.717, 1.165) is 19.0 Å². The Kier molecular flexibility index (Phi) is 8.18. The molecule has 0 amide bonds. The van der Waals surface area contributed by atoms with Gasteiger partial charge in [0, 0.05) is 12.1 Å². The maximum atomic E-state index is 5.82. The molecule has 1 heterocycles. The van der Waals surface area contributed by atoms with Gasteiger partial charge in [-0.25, -0.2) is 0 Å². The minimum absolute atomic E-state index is 0. The molecule has 0 aliphatic carbocycles. The summed E-state index contributed by atoms with van der Waals surface area (Å²) in [4.78, 5) is 6.84. The average molecular weight is 368 g/mol. The van der Waals surface area contributed by atoms with Crippen molar-refractivity contribution in [1.82, 2.24) is 10.2 Å². The van der Waals surface area contributed by atoms with Crippen LogP contribution in [-0.4, -0.2) is 42.6 Å². The SMILES string of the molecule is CC1CCN(CCN=C(N)NC(C)(C)C)CC1.I. The van der Waals surface area contributed by atoms with E-state index in [1.807, 2.05) is 0 Å². The lowest BCUT2D eigenvalue weighted by Gasteiger charge is -2.29. The van der Waals surface area contributed by atoms with Gasteiger partial charge in [-0.15, -0.1) is 24.0 Å². The normalized spacial score (nSPS) is 19.4. The smallest absolute Gasteiger partial charge is 0.189 e. The van der Waals surface area contributed by atoms with Crippen molar-refractivity contribution in [3.05, 3.63) is 0 Å². The molecular formula is C13H29IN4. The van der Waals surface area contributed by atoms with Gasteiger partial charge in [-0.2, -0.15) is 0 Å². The van der Waals surface area contributed by atoms with E-state index in [1.54, 1.807) is 0 Å². The summed E-state index contributed by atoms with van der Waals surface area (Å²) in [5.74, 6) is 1.45. The first-order valence-corrected chi connectivity index (χ1v) is 6.67. The number of hydrogen-bond donors (Lipinski definition) is 2. The summed E-state index contributed by atoms with van der Waals surface area (Å²) in [7, 11) is 0. The maximum Gasteiger partial charge on any atom is 0.189 e. The van der Waals surface area contributed by atoms with Crippen molar-refractivity contribution in [2.45, 2.75) is 46.1 Å². The highest BCUT2D eigenvalue weighted by Gasteiger charge is 2.15. The van der Waals surface area contributed by atoms with E-state index >= 15 is 0 Å². The summed E-state index contributed by atoms with van der Waals surface area (Å²) in [6.07, 6.45) is 2.64. The van der Waals surface area contributed by atoms with Gasteiger partial charge in [-0.1, -0.05) is 6.92 Å². The molecule has 18 heavy (non-hydrogen) atoms. The monoisotopic (exact) mass is 368 g/mol. The fourth-order valence-electron chi connectivity index (χ4n) is 2.02. The molecule has 0 aromatic heterocycles. The van der Waals surface area contributed by atoms with Crippen LogP contribution in [0.4, 0.5) is 0 Å². The van der Waals surface area contributed by atoms with Crippen LogP contribution >= 0.6 is 24.0 Å². The highest BCUT2D eigenvalue weighted by molar-refractivity contribution is 14.0. The van der Waals surface area contributed by atoms with Crippen molar-refractivity contribution < 1.29 is 0 Å². The highest BCUT2D eigenvalue weighted by Crippen LogP contribution is 2.15. The van der Waals surface area contributed by atoms with Crippen LogP contribution in [0.1, 0.15) is 40.5 Å². The molecule has 1 aliphatic heterocycles. The molecule has 0 atom stereocenters. The fraction of sp³-hybridized carbons (Fsp3) is 0.923. The molecule has 0 aromatic carbocycles. The van der Waals surface area contributed by atoms with E-state index in [0.29, 0.717) is 5.96 Å². The van der Waals surface area contributed by atoms with Crippen LogP contribution in [0.3, 0.4) is 0 Å². The lowest BCUT2D eigenvalue weighted by molar-refractivity contribution is 0.197. The van der Waals surface area contributed by atoms with Gasteiger partial charge >= 0.3 is 0 Å². The van der Waals surface area contributed by atoms with Crippen molar-refractivity contribution in [3.63, 3.8) is 0 Å². The molecule has 0 saturated carbocycles. The van der Waals surface area contributed by atoms with Gasteiger partial charge in [-0.05, 0) is 52.6 Å². The molecule has 4 nitrogen and oxygen atoms in total. The molecule has 0 radical (unpaired) electrons. The molecule has 108 valence electrons. The maximum absolute atomic E-state index is 5.82. The largest absolute Gasteiger partial charge is 0.370 e. The lowest BCUT2D eigenvalue weighted by atomic mass is 9.99. The fourth-order valence-corrected chi connectivity index (χ4v) is 2.02. The number of aliphatic imine (C=N–C) groups is 1. The first-order chi connectivity index (χ1) is 7.87. The Morgan fingerprint density at radius 2 is 1.89 bits per heavy atom. The van der Waals surface area contributed by atoms with Gasteiger partial charge in [0.1, 0.15) is 0 Å². The van der Waals surface area contributed by atoms with Crippen molar-refractivity contribution in [2.24, 2.45) is 16.6 Å². The Morgan fingerprint density at radius 1 is 1.33 bits per heavy atom. The Labute approximate surface area is 129 Å². The zero-order chi connectivity index (χ0) is 12.9. The number of piperidine rings is 1. The molecule has 1 saturated heterocycles. The first-order valence-electron chi connectivity index (χ1n) is 6.67. The van der Waals surface area contributed by atoms with E-state index in [2.05, 4.69) is 42.9 Å². The molecule has 0 spiro atoms. The second-order valence-corrected chi connectivity index (χ2v) is 6.17. The Morgan fingerprint density at radius 3 is 2.39 bits per heavy atom. The molecule has 0 aromatic rings. The van der Waals surface area contributed by atoms with Crippen LogP contribution in [0, 0.1) is 5.92 Å². The summed E-state index contributed by atoms with van der Waals surface area (Å²) in [5, 5.41) is 3.17. The highest BCUT2D eigenvalue weighted by atomic mass is 127. The summed E-state index contributed by atoms with van der Waals surface area (Å²) in [5.41, 5.74) is 5.81. The van der Waals surface area contributed by atoms with Crippen LogP contribution in [0.15, 0.2) is 4.99 Å². The molecule has 3 N–H and O–H groups in total. The van der Waals surface area contributed by atoms with E-state index < -0.39 is 0 Å². The molecule has 1 aliphatic rings. The Bertz CT molecular complexity index is 252. The van der Waals surface area contributed by atoms with Gasteiger partial charge < -0.3 is 16.0 Å². The minimum atomic E-state index is -0.00581. The summed E-state index contributed by atoms with van der Waals surface area (Å²) >= 11 is 0. The van der Waals surface area contributed by atoms with E-state index in [1.165, 1.54) is 25.9 Å². The van der Waals surface area contributed by atoms with Gasteiger partial charge in [-0.3, -0.25) is 4.99 Å². The number of hydrogen-bond acceptors (Lipinski definition) is 2. The van der Waals surface area contributed by atoms with Crippen LogP contribution in [0.2, 0.25) is 0 Å². The first kappa shape index (κ1) is 18.0. The Hall–Kier alpha value is -0.0400. The van der Waals surface area contributed by atoms with Crippen LogP contribution in [-0.2, 0) is 0 Å². The zero-order valence-corrected chi connectivity index (χ0v) is 14.5. The number of rotatable bonds is 3. The average Bonchev–Trinajstić information content (AvgIpc) is 2.18. The molecule has 5 heteroatoms.